The molecule has 0 aliphatic carbocycles. The minimum Gasteiger partial charge on any atom is -0.300 e. The zero-order valence-corrected chi connectivity index (χ0v) is 12.5. The average molecular weight is 252 g/mol. The van der Waals surface area contributed by atoms with E-state index in [0.29, 0.717) is 0 Å². The first-order valence-corrected chi connectivity index (χ1v) is 7.88. The van der Waals surface area contributed by atoms with Crippen molar-refractivity contribution in [3.63, 3.8) is 0 Å². The predicted molar refractivity (Wildman–Crippen MR) is 79.5 cm³/mol. The lowest BCUT2D eigenvalue weighted by atomic mass is 9.97. The van der Waals surface area contributed by atoms with Gasteiger partial charge >= 0.3 is 0 Å². The third-order valence-corrected chi connectivity index (χ3v) is 3.94. The number of rotatable bonds is 8. The maximum absolute atomic E-state index is 6.50. The molecule has 0 spiro atoms. The van der Waals surface area contributed by atoms with E-state index in [0.717, 1.165) is 6.04 Å². The quantitative estimate of drug-likeness (QED) is 0.583. The molecule has 1 rings (SSSR count). The molecule has 1 aliphatic rings. The van der Waals surface area contributed by atoms with E-state index < -0.39 is 0 Å². The molecule has 1 heterocycles. The standard InChI is InChI=1S/C15H31N.CHN/c1-3-5-7-9-13-16-14-10-8-12-15(16)11-6-4-2;1-2/h15H,3-14H2,1-2H3;1H. The molecule has 1 unspecified atom stereocenters. The highest BCUT2D eigenvalue weighted by Crippen LogP contribution is 2.22. The van der Waals surface area contributed by atoms with Crippen LogP contribution in [0.25, 0.3) is 0 Å². The molecule has 106 valence electrons. The lowest BCUT2D eigenvalue weighted by molar-refractivity contribution is 0.135. The van der Waals surface area contributed by atoms with Crippen molar-refractivity contribution in [2.75, 3.05) is 13.1 Å². The van der Waals surface area contributed by atoms with Crippen molar-refractivity contribution in [1.29, 1.82) is 5.26 Å². The summed E-state index contributed by atoms with van der Waals surface area (Å²) in [5.74, 6) is 0. The van der Waals surface area contributed by atoms with Crippen LogP contribution in [0.3, 0.4) is 0 Å². The maximum Gasteiger partial charge on any atom is 0.0462 e. The van der Waals surface area contributed by atoms with Crippen molar-refractivity contribution in [1.82, 2.24) is 4.90 Å². The molecule has 0 aromatic heterocycles. The van der Waals surface area contributed by atoms with E-state index in [1.54, 1.807) is 0 Å². The molecule has 2 heteroatoms. The molecule has 0 saturated carbocycles. The summed E-state index contributed by atoms with van der Waals surface area (Å²) in [6, 6.07) is 0.926. The van der Waals surface area contributed by atoms with E-state index in [-0.39, 0.29) is 0 Å². The number of nitriles is 1. The van der Waals surface area contributed by atoms with E-state index in [1.165, 1.54) is 77.3 Å². The summed E-state index contributed by atoms with van der Waals surface area (Å²) in [6.07, 6.45) is 14.3. The van der Waals surface area contributed by atoms with Gasteiger partial charge in [-0.15, -0.1) is 0 Å². The molecular formula is C16H32N2. The third kappa shape index (κ3) is 7.71. The first-order valence-electron chi connectivity index (χ1n) is 7.88. The molecular weight excluding hydrogens is 220 g/mol. The molecule has 0 aromatic carbocycles. The number of hydrogen-bond donors (Lipinski definition) is 0. The van der Waals surface area contributed by atoms with Crippen LogP contribution in [0, 0.1) is 11.8 Å². The molecule has 1 saturated heterocycles. The van der Waals surface area contributed by atoms with Crippen LogP contribution in [-0.4, -0.2) is 24.0 Å². The van der Waals surface area contributed by atoms with Crippen LogP contribution in [-0.2, 0) is 0 Å². The Balaban J connectivity index is 0.00000137. The Morgan fingerprint density at radius 3 is 2.39 bits per heavy atom. The molecule has 0 N–H and O–H groups in total. The summed E-state index contributed by atoms with van der Waals surface area (Å²) >= 11 is 0. The number of unbranched alkanes of at least 4 members (excludes halogenated alkanes) is 4. The summed E-state index contributed by atoms with van der Waals surface area (Å²) in [5, 5.41) is 6.50. The van der Waals surface area contributed by atoms with Crippen LogP contribution < -0.4 is 0 Å². The fourth-order valence-corrected chi connectivity index (χ4v) is 2.86. The molecule has 1 atom stereocenters. The van der Waals surface area contributed by atoms with Gasteiger partial charge in [0.15, 0.2) is 0 Å². The van der Waals surface area contributed by atoms with Crippen LogP contribution in [0.1, 0.15) is 78.1 Å². The lowest BCUT2D eigenvalue weighted by Crippen LogP contribution is -2.40. The summed E-state index contributed by atoms with van der Waals surface area (Å²) in [7, 11) is 0. The molecule has 0 radical (unpaired) electrons. The van der Waals surface area contributed by atoms with Crippen LogP contribution in [0.4, 0.5) is 0 Å². The number of hydrogen-bond acceptors (Lipinski definition) is 2. The Bertz CT molecular complexity index is 189. The predicted octanol–water partition coefficient (Wildman–Crippen LogP) is 4.75. The van der Waals surface area contributed by atoms with Crippen molar-refractivity contribution >= 4 is 0 Å². The van der Waals surface area contributed by atoms with E-state index >= 15 is 0 Å². The van der Waals surface area contributed by atoms with Crippen LogP contribution >= 0.6 is 0 Å². The number of nitrogens with zero attached hydrogens (tertiary/aromatic N) is 2. The van der Waals surface area contributed by atoms with E-state index in [4.69, 9.17) is 5.26 Å². The minimum absolute atomic E-state index is 0.926. The van der Waals surface area contributed by atoms with Crippen molar-refractivity contribution in [2.24, 2.45) is 0 Å². The number of piperidine rings is 1. The second kappa shape index (κ2) is 12.9. The molecule has 0 amide bonds. The van der Waals surface area contributed by atoms with Gasteiger partial charge in [0.25, 0.3) is 0 Å². The SMILES string of the molecule is C#N.CCCCCCN1CCCCC1CCCC. The first kappa shape index (κ1) is 17.4. The molecule has 0 aromatic rings. The Labute approximate surface area is 114 Å². The minimum atomic E-state index is 0.926. The largest absolute Gasteiger partial charge is 0.300 e. The Kier molecular flexibility index (Phi) is 12.5. The Hall–Kier alpha value is -0.550. The van der Waals surface area contributed by atoms with Gasteiger partial charge in [0.05, 0.1) is 0 Å². The van der Waals surface area contributed by atoms with Gasteiger partial charge in [-0.05, 0) is 38.8 Å². The van der Waals surface area contributed by atoms with Gasteiger partial charge in [0.2, 0.25) is 0 Å². The molecule has 1 fully saturated rings. The van der Waals surface area contributed by atoms with Gasteiger partial charge < -0.3 is 4.90 Å². The zero-order valence-electron chi connectivity index (χ0n) is 12.5. The Morgan fingerprint density at radius 2 is 1.72 bits per heavy atom. The summed E-state index contributed by atoms with van der Waals surface area (Å²) in [5.41, 5.74) is 0. The third-order valence-electron chi connectivity index (χ3n) is 3.94. The fraction of sp³-hybridized carbons (Fsp3) is 0.938. The molecule has 0 bridgehead atoms. The summed E-state index contributed by atoms with van der Waals surface area (Å²) < 4.78 is 0. The normalized spacial score (nSPS) is 20.1. The zero-order chi connectivity index (χ0) is 13.6. The van der Waals surface area contributed by atoms with Crippen LogP contribution in [0.2, 0.25) is 0 Å². The van der Waals surface area contributed by atoms with Gasteiger partial charge in [0.1, 0.15) is 0 Å². The van der Waals surface area contributed by atoms with E-state index in [1.807, 2.05) is 0 Å². The molecule has 1 aliphatic heterocycles. The topological polar surface area (TPSA) is 27.0 Å². The van der Waals surface area contributed by atoms with Crippen LogP contribution in [0.5, 0.6) is 0 Å². The second-order valence-corrected chi connectivity index (χ2v) is 5.39. The molecule has 18 heavy (non-hydrogen) atoms. The monoisotopic (exact) mass is 252 g/mol. The van der Waals surface area contributed by atoms with Gasteiger partial charge in [0, 0.05) is 12.6 Å². The highest BCUT2D eigenvalue weighted by Gasteiger charge is 2.20. The number of likely N-dealkylation sites (tertiary alicyclic amines) is 1. The summed E-state index contributed by atoms with van der Waals surface area (Å²) in [4.78, 5) is 2.79. The van der Waals surface area contributed by atoms with Gasteiger partial charge in [-0.1, -0.05) is 52.4 Å². The van der Waals surface area contributed by atoms with Crippen molar-refractivity contribution in [2.45, 2.75) is 84.1 Å². The van der Waals surface area contributed by atoms with Gasteiger partial charge in [-0.25, -0.2) is 5.26 Å². The lowest BCUT2D eigenvalue weighted by Gasteiger charge is -2.36. The van der Waals surface area contributed by atoms with Crippen molar-refractivity contribution in [3.8, 4) is 6.57 Å². The second-order valence-electron chi connectivity index (χ2n) is 5.39. The first-order chi connectivity index (χ1) is 8.88. The van der Waals surface area contributed by atoms with Crippen molar-refractivity contribution in [3.05, 3.63) is 0 Å². The van der Waals surface area contributed by atoms with Gasteiger partial charge in [-0.2, -0.15) is 0 Å². The molecule has 2 nitrogen and oxygen atoms in total. The summed E-state index contributed by atoms with van der Waals surface area (Å²) in [6.45, 7) is 10.9. The van der Waals surface area contributed by atoms with Gasteiger partial charge in [-0.3, -0.25) is 0 Å². The van der Waals surface area contributed by atoms with E-state index in [2.05, 4.69) is 25.3 Å². The fourth-order valence-electron chi connectivity index (χ4n) is 2.86. The highest BCUT2D eigenvalue weighted by atomic mass is 15.2. The average Bonchev–Trinajstić information content (AvgIpc) is 2.44. The van der Waals surface area contributed by atoms with E-state index in [9.17, 15) is 0 Å². The maximum atomic E-state index is 6.50. The highest BCUT2D eigenvalue weighted by molar-refractivity contribution is 4.76. The van der Waals surface area contributed by atoms with Crippen molar-refractivity contribution < 1.29 is 0 Å². The Morgan fingerprint density at radius 1 is 1.00 bits per heavy atom. The smallest absolute Gasteiger partial charge is 0.0462 e. The van der Waals surface area contributed by atoms with Crippen LogP contribution in [0.15, 0.2) is 0 Å².